The summed E-state index contributed by atoms with van der Waals surface area (Å²) >= 11 is 0. The zero-order valence-corrected chi connectivity index (χ0v) is 14.6. The molecule has 0 aliphatic carbocycles. The number of carbonyl (C=O) groups excluding carboxylic acids is 2. The third-order valence-electron chi connectivity index (χ3n) is 5.32. The lowest BCUT2D eigenvalue weighted by Gasteiger charge is -2.35. The number of ether oxygens (including phenoxy) is 2. The number of fused-ring (bicyclic) bond motifs is 2. The molecule has 0 bridgehead atoms. The monoisotopic (exact) mass is 345 g/mol. The van der Waals surface area contributed by atoms with Crippen LogP contribution in [0.1, 0.15) is 37.3 Å². The van der Waals surface area contributed by atoms with Gasteiger partial charge in [-0.1, -0.05) is 12.1 Å². The number of methoxy groups -OCH3 is 1. The molecule has 1 amide bonds. The fraction of sp³-hybridized carbons (Fsp3) is 0.556. The van der Waals surface area contributed by atoms with Gasteiger partial charge in [0.25, 0.3) is 0 Å². The Balaban J connectivity index is 1.68. The first kappa shape index (κ1) is 16.4. The minimum Gasteiger partial charge on any atom is -0.487 e. The molecule has 134 valence electrons. The van der Waals surface area contributed by atoms with Gasteiger partial charge in [-0.05, 0) is 31.0 Å². The summed E-state index contributed by atoms with van der Waals surface area (Å²) in [5.41, 5.74) is 7.98. The largest absolute Gasteiger partial charge is 0.487 e. The van der Waals surface area contributed by atoms with Gasteiger partial charge in [0.1, 0.15) is 17.4 Å². The third kappa shape index (κ3) is 2.77. The normalized spacial score (nSPS) is 32.4. The summed E-state index contributed by atoms with van der Waals surface area (Å²) in [6.07, 6.45) is 0.887. The van der Waals surface area contributed by atoms with Crippen LogP contribution in [0.15, 0.2) is 18.2 Å². The lowest BCUT2D eigenvalue weighted by molar-refractivity contribution is -0.145. The second-order valence-corrected chi connectivity index (χ2v) is 7.63. The molecule has 3 heterocycles. The summed E-state index contributed by atoms with van der Waals surface area (Å²) in [6, 6.07) is 5.61. The van der Waals surface area contributed by atoms with E-state index in [0.29, 0.717) is 6.42 Å². The highest BCUT2D eigenvalue weighted by Crippen LogP contribution is 2.41. The fourth-order valence-corrected chi connectivity index (χ4v) is 4.27. The van der Waals surface area contributed by atoms with Crippen molar-refractivity contribution in [3.05, 3.63) is 29.3 Å². The molecule has 4 rings (SSSR count). The highest BCUT2D eigenvalue weighted by Gasteiger charge is 2.49. The summed E-state index contributed by atoms with van der Waals surface area (Å²) in [5, 5.41) is 2.91. The van der Waals surface area contributed by atoms with Gasteiger partial charge in [-0.15, -0.1) is 0 Å². The first-order valence-corrected chi connectivity index (χ1v) is 8.58. The number of hydrazine groups is 1. The highest BCUT2D eigenvalue weighted by molar-refractivity contribution is 5.81. The predicted molar refractivity (Wildman–Crippen MR) is 89.7 cm³/mol. The number of carbonyl (C=O) groups is 2. The summed E-state index contributed by atoms with van der Waals surface area (Å²) < 4.78 is 10.9. The standard InChI is InChI=1S/C18H23N3O4/c1-18(2)8-10-6-9(4-5-12(10)25-18)11-7-13(22)19-16-14(11)15(20-21-16)17(23)24-3/h4-6,11,14-16,20-21H,7-8H2,1-3H3,(H,19,22). The van der Waals surface area contributed by atoms with Crippen molar-refractivity contribution in [1.82, 2.24) is 16.2 Å². The van der Waals surface area contributed by atoms with Crippen LogP contribution in [0, 0.1) is 5.92 Å². The number of benzene rings is 1. The minimum absolute atomic E-state index is 0.0249. The number of hydrogen-bond donors (Lipinski definition) is 3. The molecule has 3 aliphatic heterocycles. The Morgan fingerprint density at radius 1 is 1.32 bits per heavy atom. The number of amides is 1. The van der Waals surface area contributed by atoms with Gasteiger partial charge in [-0.2, -0.15) is 0 Å². The number of piperidine rings is 1. The van der Waals surface area contributed by atoms with E-state index in [1.807, 2.05) is 12.1 Å². The maximum atomic E-state index is 12.2. The van der Waals surface area contributed by atoms with E-state index in [2.05, 4.69) is 36.1 Å². The molecule has 3 N–H and O–H groups in total. The van der Waals surface area contributed by atoms with Crippen LogP contribution >= 0.6 is 0 Å². The van der Waals surface area contributed by atoms with E-state index in [0.717, 1.165) is 23.3 Å². The molecule has 0 aromatic heterocycles. The smallest absolute Gasteiger partial charge is 0.324 e. The second-order valence-electron chi connectivity index (χ2n) is 7.63. The molecule has 4 atom stereocenters. The Morgan fingerprint density at radius 3 is 2.88 bits per heavy atom. The van der Waals surface area contributed by atoms with Crippen molar-refractivity contribution in [3.8, 4) is 5.75 Å². The van der Waals surface area contributed by atoms with E-state index in [9.17, 15) is 9.59 Å². The Labute approximate surface area is 146 Å². The van der Waals surface area contributed by atoms with Crippen molar-refractivity contribution in [3.63, 3.8) is 0 Å². The molecule has 1 aromatic rings. The van der Waals surface area contributed by atoms with Crippen LogP contribution in [0.5, 0.6) is 5.75 Å². The van der Waals surface area contributed by atoms with E-state index in [1.54, 1.807) is 0 Å². The van der Waals surface area contributed by atoms with Crippen LogP contribution < -0.4 is 20.9 Å². The zero-order chi connectivity index (χ0) is 17.8. The van der Waals surface area contributed by atoms with Crippen molar-refractivity contribution in [2.75, 3.05) is 7.11 Å². The van der Waals surface area contributed by atoms with Crippen LogP contribution in [0.4, 0.5) is 0 Å². The molecule has 2 fully saturated rings. The summed E-state index contributed by atoms with van der Waals surface area (Å²) in [7, 11) is 1.38. The lowest BCUT2D eigenvalue weighted by atomic mass is 9.75. The summed E-state index contributed by atoms with van der Waals surface area (Å²) in [4.78, 5) is 24.3. The van der Waals surface area contributed by atoms with Gasteiger partial charge < -0.3 is 14.8 Å². The molecule has 3 aliphatic rings. The molecular formula is C18H23N3O4. The van der Waals surface area contributed by atoms with Crippen LogP contribution in [0.3, 0.4) is 0 Å². The van der Waals surface area contributed by atoms with Crippen molar-refractivity contribution >= 4 is 11.9 Å². The van der Waals surface area contributed by atoms with E-state index in [-0.39, 0.29) is 35.5 Å². The SMILES string of the molecule is COC(=O)C1NNC2NC(=O)CC(c3ccc4c(c3)CC(C)(C)O4)C21. The Bertz CT molecular complexity index is 733. The second kappa shape index (κ2) is 5.71. The van der Waals surface area contributed by atoms with Gasteiger partial charge in [-0.3, -0.25) is 9.59 Å². The first-order valence-electron chi connectivity index (χ1n) is 8.58. The van der Waals surface area contributed by atoms with Crippen LogP contribution in [0.25, 0.3) is 0 Å². The maximum Gasteiger partial charge on any atom is 0.324 e. The summed E-state index contributed by atoms with van der Waals surface area (Å²) in [5.74, 6) is 0.366. The number of hydrogen-bond acceptors (Lipinski definition) is 6. The van der Waals surface area contributed by atoms with Gasteiger partial charge >= 0.3 is 5.97 Å². The third-order valence-corrected chi connectivity index (χ3v) is 5.32. The molecule has 2 saturated heterocycles. The van der Waals surface area contributed by atoms with Crippen LogP contribution in [-0.4, -0.2) is 36.8 Å². The number of rotatable bonds is 2. The van der Waals surface area contributed by atoms with Crippen molar-refractivity contribution < 1.29 is 19.1 Å². The van der Waals surface area contributed by atoms with Gasteiger partial charge in [0, 0.05) is 24.7 Å². The molecule has 7 nitrogen and oxygen atoms in total. The maximum absolute atomic E-state index is 12.2. The van der Waals surface area contributed by atoms with E-state index >= 15 is 0 Å². The Morgan fingerprint density at radius 2 is 2.12 bits per heavy atom. The molecule has 0 saturated carbocycles. The predicted octanol–water partition coefficient (Wildman–Crippen LogP) is 0.595. The number of esters is 1. The fourth-order valence-electron chi connectivity index (χ4n) is 4.27. The van der Waals surface area contributed by atoms with E-state index < -0.39 is 6.04 Å². The van der Waals surface area contributed by atoms with Crippen molar-refractivity contribution in [2.24, 2.45) is 5.92 Å². The molecule has 0 spiro atoms. The van der Waals surface area contributed by atoms with Crippen molar-refractivity contribution in [2.45, 2.75) is 50.4 Å². The topological polar surface area (TPSA) is 88.7 Å². The van der Waals surface area contributed by atoms with Gasteiger partial charge in [0.2, 0.25) is 5.91 Å². The minimum atomic E-state index is -0.499. The van der Waals surface area contributed by atoms with Crippen molar-refractivity contribution in [1.29, 1.82) is 0 Å². The van der Waals surface area contributed by atoms with Gasteiger partial charge in [0.15, 0.2) is 0 Å². The zero-order valence-electron chi connectivity index (χ0n) is 14.6. The molecule has 7 heteroatoms. The van der Waals surface area contributed by atoms with Gasteiger partial charge in [0.05, 0.1) is 13.3 Å². The first-order chi connectivity index (χ1) is 11.9. The Kier molecular flexibility index (Phi) is 3.73. The number of nitrogens with one attached hydrogen (secondary N) is 3. The lowest BCUT2D eigenvalue weighted by Crippen LogP contribution is -2.53. The molecule has 25 heavy (non-hydrogen) atoms. The average Bonchev–Trinajstić information content (AvgIpc) is 3.11. The molecule has 4 unspecified atom stereocenters. The van der Waals surface area contributed by atoms with Crippen LogP contribution in [-0.2, 0) is 20.7 Å². The molecular weight excluding hydrogens is 322 g/mol. The highest BCUT2D eigenvalue weighted by atomic mass is 16.5. The quantitative estimate of drug-likeness (QED) is 0.680. The molecule has 1 aromatic carbocycles. The molecule has 0 radical (unpaired) electrons. The average molecular weight is 345 g/mol. The van der Waals surface area contributed by atoms with E-state index in [4.69, 9.17) is 9.47 Å². The summed E-state index contributed by atoms with van der Waals surface area (Å²) in [6.45, 7) is 4.13. The van der Waals surface area contributed by atoms with Gasteiger partial charge in [-0.25, -0.2) is 10.9 Å². The van der Waals surface area contributed by atoms with Crippen LogP contribution in [0.2, 0.25) is 0 Å². The van der Waals surface area contributed by atoms with E-state index in [1.165, 1.54) is 7.11 Å². The Hall–Kier alpha value is -2.12.